The van der Waals surface area contributed by atoms with Crippen LogP contribution in [0.1, 0.15) is 13.3 Å². The van der Waals surface area contributed by atoms with Crippen molar-refractivity contribution in [2.75, 3.05) is 31.1 Å². The van der Waals surface area contributed by atoms with Crippen molar-refractivity contribution in [1.29, 1.82) is 5.26 Å². The average molecular weight is 287 g/mol. The van der Waals surface area contributed by atoms with Crippen LogP contribution in [0.3, 0.4) is 0 Å². The summed E-state index contributed by atoms with van der Waals surface area (Å²) in [4.78, 5) is 14.4. The molecule has 0 radical (unpaired) electrons. The Morgan fingerprint density at radius 2 is 2.15 bits per heavy atom. The summed E-state index contributed by atoms with van der Waals surface area (Å²) < 4.78 is 0. The van der Waals surface area contributed by atoms with E-state index in [0.29, 0.717) is 0 Å². The van der Waals surface area contributed by atoms with E-state index in [1.165, 1.54) is 0 Å². The molecule has 0 spiro atoms. The lowest BCUT2D eigenvalue weighted by Gasteiger charge is -2.37. The number of fused-ring (bicyclic) bond motifs is 1. The fraction of sp³-hybridized carbons (Fsp3) is 0.500. The molecular formula is C14H17N5S. The highest BCUT2D eigenvalue weighted by molar-refractivity contribution is 7.16. The number of aromatic nitrogens is 2. The number of hydrogen-bond donors (Lipinski definition) is 0. The number of rotatable bonds is 3. The molecule has 1 fully saturated rings. The van der Waals surface area contributed by atoms with Gasteiger partial charge in [0, 0.05) is 26.2 Å². The zero-order chi connectivity index (χ0) is 13.9. The molecule has 1 saturated heterocycles. The van der Waals surface area contributed by atoms with Crippen molar-refractivity contribution in [3.05, 3.63) is 17.8 Å². The summed E-state index contributed by atoms with van der Waals surface area (Å²) in [6, 6.07) is 4.52. The molecule has 0 saturated carbocycles. The number of piperazine rings is 1. The van der Waals surface area contributed by atoms with Crippen LogP contribution in [0.4, 0.5) is 5.82 Å². The molecular weight excluding hydrogens is 270 g/mol. The molecule has 20 heavy (non-hydrogen) atoms. The Bertz CT molecular complexity index is 624. The quantitative estimate of drug-likeness (QED) is 0.865. The fourth-order valence-corrected chi connectivity index (χ4v) is 3.43. The van der Waals surface area contributed by atoms with Gasteiger partial charge in [0.15, 0.2) is 0 Å². The minimum Gasteiger partial charge on any atom is -0.353 e. The van der Waals surface area contributed by atoms with Gasteiger partial charge in [0.1, 0.15) is 17.0 Å². The first-order valence-electron chi connectivity index (χ1n) is 6.90. The molecule has 0 N–H and O–H groups in total. The van der Waals surface area contributed by atoms with E-state index in [2.05, 4.69) is 44.2 Å². The number of thiophene rings is 1. The molecule has 0 amide bonds. The van der Waals surface area contributed by atoms with E-state index < -0.39 is 0 Å². The molecule has 0 aromatic carbocycles. The van der Waals surface area contributed by atoms with Crippen molar-refractivity contribution in [2.45, 2.75) is 19.4 Å². The van der Waals surface area contributed by atoms with Crippen LogP contribution in [0, 0.1) is 11.3 Å². The number of anilines is 1. The van der Waals surface area contributed by atoms with Crippen LogP contribution in [0.15, 0.2) is 17.8 Å². The van der Waals surface area contributed by atoms with E-state index in [1.54, 1.807) is 17.7 Å². The van der Waals surface area contributed by atoms with Crippen molar-refractivity contribution < 1.29 is 0 Å². The van der Waals surface area contributed by atoms with Gasteiger partial charge in [-0.15, -0.1) is 11.3 Å². The third-order valence-corrected chi connectivity index (χ3v) is 4.65. The summed E-state index contributed by atoms with van der Waals surface area (Å²) >= 11 is 1.65. The maximum Gasteiger partial charge on any atom is 0.140 e. The smallest absolute Gasteiger partial charge is 0.140 e. The largest absolute Gasteiger partial charge is 0.353 e. The lowest BCUT2D eigenvalue weighted by molar-refractivity contribution is 0.216. The number of nitrogens with zero attached hydrogens (tertiary/aromatic N) is 5. The molecule has 5 nitrogen and oxygen atoms in total. The highest BCUT2D eigenvalue weighted by atomic mass is 32.1. The van der Waals surface area contributed by atoms with Gasteiger partial charge in [-0.2, -0.15) is 5.26 Å². The minimum absolute atomic E-state index is 0.0451. The number of hydrogen-bond acceptors (Lipinski definition) is 6. The van der Waals surface area contributed by atoms with Crippen LogP contribution < -0.4 is 4.90 Å². The maximum atomic E-state index is 9.15. The SMILES string of the molecule is CCC(C#N)N1CCN(c2ncnc3sccc23)CC1. The van der Waals surface area contributed by atoms with Crippen LogP contribution in [-0.2, 0) is 0 Å². The lowest BCUT2D eigenvalue weighted by atomic mass is 10.2. The van der Waals surface area contributed by atoms with E-state index in [1.807, 2.05) is 0 Å². The van der Waals surface area contributed by atoms with Crippen molar-refractivity contribution in [2.24, 2.45) is 0 Å². The minimum atomic E-state index is 0.0451. The Balaban J connectivity index is 1.75. The molecule has 3 heterocycles. The van der Waals surface area contributed by atoms with Crippen LogP contribution in [0.25, 0.3) is 10.2 Å². The van der Waals surface area contributed by atoms with E-state index in [-0.39, 0.29) is 6.04 Å². The molecule has 1 aliphatic rings. The molecule has 6 heteroatoms. The van der Waals surface area contributed by atoms with Gasteiger partial charge in [-0.3, -0.25) is 4.90 Å². The summed E-state index contributed by atoms with van der Waals surface area (Å²) in [6.45, 7) is 5.74. The maximum absolute atomic E-state index is 9.15. The van der Waals surface area contributed by atoms with Gasteiger partial charge in [0.2, 0.25) is 0 Å². The summed E-state index contributed by atoms with van der Waals surface area (Å²) in [5, 5.41) is 12.3. The van der Waals surface area contributed by atoms with Gasteiger partial charge >= 0.3 is 0 Å². The van der Waals surface area contributed by atoms with E-state index in [9.17, 15) is 0 Å². The first kappa shape index (κ1) is 13.3. The predicted octanol–water partition coefficient (Wildman–Crippen LogP) is 2.12. The first-order valence-corrected chi connectivity index (χ1v) is 7.78. The molecule has 2 aromatic rings. The second-order valence-corrected chi connectivity index (χ2v) is 5.81. The van der Waals surface area contributed by atoms with Crippen molar-refractivity contribution in [1.82, 2.24) is 14.9 Å². The van der Waals surface area contributed by atoms with Crippen molar-refractivity contribution in [3.8, 4) is 6.07 Å². The second-order valence-electron chi connectivity index (χ2n) is 4.91. The molecule has 0 bridgehead atoms. The first-order chi connectivity index (χ1) is 9.83. The summed E-state index contributed by atoms with van der Waals surface area (Å²) in [7, 11) is 0. The van der Waals surface area contributed by atoms with Crippen molar-refractivity contribution >= 4 is 27.4 Å². The van der Waals surface area contributed by atoms with Gasteiger partial charge in [-0.25, -0.2) is 9.97 Å². The van der Waals surface area contributed by atoms with E-state index in [0.717, 1.165) is 48.6 Å². The van der Waals surface area contributed by atoms with Crippen LogP contribution >= 0.6 is 11.3 Å². The zero-order valence-electron chi connectivity index (χ0n) is 11.5. The monoisotopic (exact) mass is 287 g/mol. The Morgan fingerprint density at radius 3 is 2.85 bits per heavy atom. The lowest BCUT2D eigenvalue weighted by Crippen LogP contribution is -2.50. The standard InChI is InChI=1S/C14H17N5S/c1-2-11(9-15)18-4-6-19(7-5-18)13-12-3-8-20-14(12)17-10-16-13/h3,8,10-11H,2,4-7H2,1H3. The van der Waals surface area contributed by atoms with E-state index >= 15 is 0 Å². The topological polar surface area (TPSA) is 56.1 Å². The molecule has 1 unspecified atom stereocenters. The van der Waals surface area contributed by atoms with Crippen LogP contribution in [-0.4, -0.2) is 47.1 Å². The Hall–Kier alpha value is -1.71. The summed E-state index contributed by atoms with van der Waals surface area (Å²) in [5.74, 6) is 1.03. The molecule has 1 aliphatic heterocycles. The van der Waals surface area contributed by atoms with Crippen LogP contribution in [0.5, 0.6) is 0 Å². The molecule has 1 atom stereocenters. The second kappa shape index (κ2) is 5.73. The van der Waals surface area contributed by atoms with Gasteiger partial charge in [-0.1, -0.05) is 6.92 Å². The number of nitriles is 1. The normalized spacial score (nSPS) is 18.1. The molecule has 0 aliphatic carbocycles. The van der Waals surface area contributed by atoms with Gasteiger partial charge < -0.3 is 4.90 Å². The fourth-order valence-electron chi connectivity index (χ4n) is 2.71. The van der Waals surface area contributed by atoms with Crippen LogP contribution in [0.2, 0.25) is 0 Å². The van der Waals surface area contributed by atoms with Crippen molar-refractivity contribution in [3.63, 3.8) is 0 Å². The summed E-state index contributed by atoms with van der Waals surface area (Å²) in [6.07, 6.45) is 2.53. The zero-order valence-corrected chi connectivity index (χ0v) is 12.3. The molecule has 3 rings (SSSR count). The Kier molecular flexibility index (Phi) is 3.81. The van der Waals surface area contributed by atoms with Gasteiger partial charge in [0.25, 0.3) is 0 Å². The summed E-state index contributed by atoms with van der Waals surface area (Å²) in [5.41, 5.74) is 0. The Morgan fingerprint density at radius 1 is 1.35 bits per heavy atom. The van der Waals surface area contributed by atoms with Gasteiger partial charge in [-0.05, 0) is 17.9 Å². The Labute approximate surface area is 122 Å². The molecule has 104 valence electrons. The highest BCUT2D eigenvalue weighted by Gasteiger charge is 2.24. The highest BCUT2D eigenvalue weighted by Crippen LogP contribution is 2.27. The average Bonchev–Trinajstić information content (AvgIpc) is 2.98. The van der Waals surface area contributed by atoms with Gasteiger partial charge in [0.05, 0.1) is 17.5 Å². The van der Waals surface area contributed by atoms with E-state index in [4.69, 9.17) is 5.26 Å². The molecule has 2 aromatic heterocycles. The third-order valence-electron chi connectivity index (χ3n) is 3.83. The predicted molar refractivity (Wildman–Crippen MR) is 80.9 cm³/mol. The third kappa shape index (κ3) is 2.35.